The Bertz CT molecular complexity index is 1270. The van der Waals surface area contributed by atoms with Crippen molar-refractivity contribution in [3.8, 4) is 11.1 Å². The van der Waals surface area contributed by atoms with E-state index in [4.69, 9.17) is 4.74 Å². The van der Waals surface area contributed by atoms with Crippen LogP contribution in [0.25, 0.3) is 11.1 Å². The Morgan fingerprint density at radius 2 is 1.86 bits per heavy atom. The van der Waals surface area contributed by atoms with Crippen molar-refractivity contribution in [3.05, 3.63) is 76.1 Å². The first kappa shape index (κ1) is 25.6. The average molecular weight is 500 g/mol. The molecule has 0 radical (unpaired) electrons. The number of halogens is 2. The third kappa shape index (κ3) is 5.19. The summed E-state index contributed by atoms with van der Waals surface area (Å²) in [4.78, 5) is 28.4. The summed E-state index contributed by atoms with van der Waals surface area (Å²) < 4.78 is 35.9. The molecule has 10 heteroatoms. The number of urea groups is 1. The van der Waals surface area contributed by atoms with Crippen LogP contribution in [0.15, 0.2) is 53.3 Å². The Morgan fingerprint density at radius 1 is 1.11 bits per heavy atom. The number of anilines is 1. The lowest BCUT2D eigenvalue weighted by molar-refractivity contribution is 0.159. The van der Waals surface area contributed by atoms with E-state index in [9.17, 15) is 18.4 Å². The molecular weight excluding hydrogens is 468 g/mol. The maximum Gasteiger partial charge on any atom is 0.320 e. The highest BCUT2D eigenvalue weighted by molar-refractivity contribution is 5.93. The number of rotatable bonds is 8. The Balaban J connectivity index is 1.59. The van der Waals surface area contributed by atoms with Gasteiger partial charge in [0, 0.05) is 46.3 Å². The number of nitrogens with one attached hydrogen (secondary N) is 2. The second-order valence-corrected chi connectivity index (χ2v) is 8.87. The maximum absolute atomic E-state index is 14.0. The van der Waals surface area contributed by atoms with Gasteiger partial charge in [-0.3, -0.25) is 19.7 Å². The lowest BCUT2D eigenvalue weighted by atomic mass is 9.94. The summed E-state index contributed by atoms with van der Waals surface area (Å²) in [6, 6.07) is 12.2. The zero-order chi connectivity index (χ0) is 25.8. The molecule has 0 aliphatic carbocycles. The predicted octanol–water partition coefficient (Wildman–Crippen LogP) is 3.39. The normalized spacial score (nSPS) is 17.9. The highest BCUT2D eigenvalue weighted by Gasteiger charge is 2.35. The van der Waals surface area contributed by atoms with Crippen molar-refractivity contribution in [2.24, 2.45) is 7.05 Å². The molecule has 2 N–H and O–H groups in total. The minimum atomic E-state index is -0.922. The number of nitrogens with zero attached hydrogens (tertiary/aromatic N) is 3. The maximum atomic E-state index is 14.0. The van der Waals surface area contributed by atoms with Crippen molar-refractivity contribution in [2.45, 2.75) is 25.4 Å². The van der Waals surface area contributed by atoms with Crippen molar-refractivity contribution in [1.82, 2.24) is 19.6 Å². The number of ether oxygens (including phenoxy) is 1. The summed E-state index contributed by atoms with van der Waals surface area (Å²) in [5.74, 6) is -1.70. The first-order chi connectivity index (χ1) is 17.3. The molecule has 3 aromatic rings. The number of likely N-dealkylation sites (tertiary alicyclic amines) is 1. The number of hydrogen-bond donors (Lipinski definition) is 2. The first-order valence-electron chi connectivity index (χ1n) is 11.9. The fourth-order valence-corrected chi connectivity index (χ4v) is 4.84. The molecule has 1 aromatic heterocycles. The highest BCUT2D eigenvalue weighted by atomic mass is 19.2. The molecule has 36 heavy (non-hydrogen) atoms. The monoisotopic (exact) mass is 499 g/mol. The Labute approximate surface area is 208 Å². The van der Waals surface area contributed by atoms with E-state index >= 15 is 0 Å². The molecule has 2 amide bonds. The first-order valence-corrected chi connectivity index (χ1v) is 11.9. The number of methoxy groups -OCH3 is 1. The summed E-state index contributed by atoms with van der Waals surface area (Å²) in [6.45, 7) is 4.52. The van der Waals surface area contributed by atoms with E-state index in [0.717, 1.165) is 6.07 Å². The molecule has 4 rings (SSSR count). The predicted molar refractivity (Wildman–Crippen MR) is 134 cm³/mol. The van der Waals surface area contributed by atoms with E-state index < -0.39 is 17.7 Å². The van der Waals surface area contributed by atoms with Crippen LogP contribution in [-0.4, -0.2) is 59.7 Å². The van der Waals surface area contributed by atoms with Crippen molar-refractivity contribution >= 4 is 11.8 Å². The number of hydrogen-bond acceptors (Lipinski definition) is 4. The molecular formula is C26H31F2N5O3. The lowest BCUT2D eigenvalue weighted by Crippen LogP contribution is -2.42. The molecule has 1 aliphatic rings. The molecule has 0 bridgehead atoms. The molecule has 8 nitrogen and oxygen atoms in total. The third-order valence-electron chi connectivity index (χ3n) is 6.66. The number of carbonyl (C=O) groups excluding carboxylic acids is 1. The minimum absolute atomic E-state index is 0.201. The lowest BCUT2D eigenvalue weighted by Gasteiger charge is -2.21. The van der Waals surface area contributed by atoms with E-state index in [2.05, 4.69) is 15.5 Å². The fourth-order valence-electron chi connectivity index (χ4n) is 4.84. The van der Waals surface area contributed by atoms with Gasteiger partial charge in [-0.15, -0.1) is 0 Å². The summed E-state index contributed by atoms with van der Waals surface area (Å²) in [7, 11) is 3.34. The van der Waals surface area contributed by atoms with Crippen LogP contribution in [0, 0.1) is 11.6 Å². The van der Waals surface area contributed by atoms with Gasteiger partial charge in [-0.2, -0.15) is 0 Å². The molecule has 2 atom stereocenters. The summed E-state index contributed by atoms with van der Waals surface area (Å²) in [5, 5.41) is 5.86. The molecule has 2 heterocycles. The molecule has 1 fully saturated rings. The van der Waals surface area contributed by atoms with Crippen LogP contribution in [0.5, 0.6) is 0 Å². The van der Waals surface area contributed by atoms with Gasteiger partial charge in [0.05, 0.1) is 18.2 Å². The van der Waals surface area contributed by atoms with Crippen LogP contribution in [0.3, 0.4) is 0 Å². The molecule has 1 aliphatic heterocycles. The van der Waals surface area contributed by atoms with Crippen LogP contribution >= 0.6 is 0 Å². The summed E-state index contributed by atoms with van der Waals surface area (Å²) in [6.07, 6.45) is 0. The molecule has 0 saturated carbocycles. The highest BCUT2D eigenvalue weighted by Crippen LogP contribution is 2.29. The van der Waals surface area contributed by atoms with Crippen LogP contribution in [-0.2, 0) is 18.3 Å². The fraction of sp³-hybridized carbons (Fsp3) is 0.385. The molecule has 2 aromatic carbocycles. The zero-order valence-electron chi connectivity index (χ0n) is 20.6. The number of amides is 2. The standard InChI is InChI=1S/C26H31F2N5O3/c1-4-33-25(34)23(17-8-6-5-7-9-17)24(31(33)2)30-26(35)29-22-16-32(12-13-36-3)15-19(22)18-10-11-20(27)21(28)14-18/h5-11,14,19,22H,4,12-13,15-16H2,1-3H3,(H2,29,30,35). The molecule has 1 saturated heterocycles. The van der Waals surface area contributed by atoms with Gasteiger partial charge < -0.3 is 10.1 Å². The van der Waals surface area contributed by atoms with E-state index in [0.29, 0.717) is 55.3 Å². The number of carbonyl (C=O) groups is 1. The van der Waals surface area contributed by atoms with Gasteiger partial charge in [0.25, 0.3) is 5.56 Å². The quantitative estimate of drug-likeness (QED) is 0.498. The summed E-state index contributed by atoms with van der Waals surface area (Å²) >= 11 is 0. The Morgan fingerprint density at radius 3 is 2.53 bits per heavy atom. The third-order valence-corrected chi connectivity index (χ3v) is 6.66. The van der Waals surface area contributed by atoms with Gasteiger partial charge in [-0.25, -0.2) is 18.3 Å². The van der Waals surface area contributed by atoms with Crippen LogP contribution in [0.2, 0.25) is 0 Å². The van der Waals surface area contributed by atoms with Crippen molar-refractivity contribution in [3.63, 3.8) is 0 Å². The van der Waals surface area contributed by atoms with Gasteiger partial charge in [0.1, 0.15) is 5.82 Å². The Kier molecular flexibility index (Phi) is 7.85. The van der Waals surface area contributed by atoms with E-state index in [1.165, 1.54) is 6.07 Å². The minimum Gasteiger partial charge on any atom is -0.383 e. The van der Waals surface area contributed by atoms with Crippen molar-refractivity contribution in [2.75, 3.05) is 38.7 Å². The van der Waals surface area contributed by atoms with Gasteiger partial charge in [-0.05, 0) is 30.2 Å². The zero-order valence-corrected chi connectivity index (χ0v) is 20.6. The largest absolute Gasteiger partial charge is 0.383 e. The smallest absolute Gasteiger partial charge is 0.320 e. The van der Waals surface area contributed by atoms with Gasteiger partial charge >= 0.3 is 6.03 Å². The SMILES string of the molecule is CCn1c(=O)c(-c2ccccc2)c(NC(=O)NC2CN(CCOC)CC2c2ccc(F)c(F)c2)n1C. The molecule has 2 unspecified atom stereocenters. The topological polar surface area (TPSA) is 80.5 Å². The van der Waals surface area contributed by atoms with Crippen LogP contribution in [0.4, 0.5) is 19.4 Å². The van der Waals surface area contributed by atoms with E-state index in [1.54, 1.807) is 29.6 Å². The van der Waals surface area contributed by atoms with Gasteiger partial charge in [0.2, 0.25) is 0 Å². The average Bonchev–Trinajstić information content (AvgIpc) is 3.37. The van der Waals surface area contributed by atoms with Crippen molar-refractivity contribution in [1.29, 1.82) is 0 Å². The van der Waals surface area contributed by atoms with E-state index in [1.807, 2.05) is 37.3 Å². The van der Waals surface area contributed by atoms with Gasteiger partial charge in [0.15, 0.2) is 11.6 Å². The number of benzene rings is 2. The van der Waals surface area contributed by atoms with Crippen LogP contribution in [0.1, 0.15) is 18.4 Å². The van der Waals surface area contributed by atoms with Crippen LogP contribution < -0.4 is 16.2 Å². The summed E-state index contributed by atoms with van der Waals surface area (Å²) in [5.41, 5.74) is 1.51. The van der Waals surface area contributed by atoms with Crippen molar-refractivity contribution < 1.29 is 18.3 Å². The van der Waals surface area contributed by atoms with E-state index in [-0.39, 0.29) is 17.5 Å². The number of aromatic nitrogens is 2. The molecule has 0 spiro atoms. The van der Waals surface area contributed by atoms with Gasteiger partial charge in [-0.1, -0.05) is 36.4 Å². The second kappa shape index (κ2) is 11.0. The second-order valence-electron chi connectivity index (χ2n) is 8.87. The Hall–Kier alpha value is -3.50. The molecule has 192 valence electrons.